The summed E-state index contributed by atoms with van der Waals surface area (Å²) in [5.41, 5.74) is -1.09. The number of hydroxylamine groups is 2. The monoisotopic (exact) mass is 374 g/mol. The van der Waals surface area contributed by atoms with Gasteiger partial charge in [-0.15, -0.1) is 0 Å². The van der Waals surface area contributed by atoms with Crippen LogP contribution in [0.25, 0.3) is 0 Å². The second-order valence-electron chi connectivity index (χ2n) is 5.56. The third kappa shape index (κ3) is 3.00. The van der Waals surface area contributed by atoms with Crippen LogP contribution in [-0.4, -0.2) is 61.2 Å². The van der Waals surface area contributed by atoms with Gasteiger partial charge in [-0.3, -0.25) is 10.2 Å². The molecule has 1 N–H and O–H groups in total. The fraction of sp³-hybridized carbons (Fsp3) is 0.286. The standard InChI is InChI=1S/C14H13F3N4O3S/c1-20-12-9(6-8(7-18-12)14(15,16)17)19-13(20)11-10(25(2,23)24)4-3-5-21(11)22/h3-7,12,22H,1-2H3. The summed E-state index contributed by atoms with van der Waals surface area (Å²) in [6, 6.07) is 0. The second kappa shape index (κ2) is 5.56. The van der Waals surface area contributed by atoms with E-state index < -0.39 is 27.8 Å². The SMILES string of the molecule is CN1C(=C2C(S(C)(=O)=O)=CC=CN2O)N=C2C=C(C(F)(F)F)C=NC21. The van der Waals surface area contributed by atoms with Crippen molar-refractivity contribution in [3.8, 4) is 0 Å². The Kier molecular flexibility index (Phi) is 3.88. The summed E-state index contributed by atoms with van der Waals surface area (Å²) in [4.78, 5) is 9.11. The van der Waals surface area contributed by atoms with Crippen molar-refractivity contribution in [1.82, 2.24) is 9.96 Å². The van der Waals surface area contributed by atoms with Crippen molar-refractivity contribution < 1.29 is 26.8 Å². The van der Waals surface area contributed by atoms with E-state index >= 15 is 0 Å². The number of sulfone groups is 1. The summed E-state index contributed by atoms with van der Waals surface area (Å²) in [6.45, 7) is 0. The molecule has 1 atom stereocenters. The molecular weight excluding hydrogens is 361 g/mol. The zero-order valence-corrected chi connectivity index (χ0v) is 13.9. The topological polar surface area (TPSA) is 85.6 Å². The first-order valence-electron chi connectivity index (χ1n) is 6.95. The van der Waals surface area contributed by atoms with Crippen LogP contribution in [0.5, 0.6) is 0 Å². The fourth-order valence-corrected chi connectivity index (χ4v) is 3.43. The van der Waals surface area contributed by atoms with Crippen molar-refractivity contribution in [2.24, 2.45) is 9.98 Å². The van der Waals surface area contributed by atoms with Gasteiger partial charge in [0.1, 0.15) is 5.70 Å². The van der Waals surface area contributed by atoms with Crippen LogP contribution in [0.4, 0.5) is 13.2 Å². The molecule has 25 heavy (non-hydrogen) atoms. The van der Waals surface area contributed by atoms with E-state index in [1.54, 1.807) is 0 Å². The number of allylic oxidation sites excluding steroid dienone is 3. The summed E-state index contributed by atoms with van der Waals surface area (Å²) in [7, 11) is -2.22. The number of aliphatic imine (C=N–C) groups is 2. The molecule has 3 heterocycles. The summed E-state index contributed by atoms with van der Waals surface area (Å²) in [5.74, 6) is 0.000324. The third-order valence-corrected chi connectivity index (χ3v) is 4.86. The molecule has 0 aliphatic carbocycles. The summed E-state index contributed by atoms with van der Waals surface area (Å²) in [6.07, 6.45) is 0.934. The van der Waals surface area contributed by atoms with E-state index in [2.05, 4.69) is 9.98 Å². The number of alkyl halides is 3. The molecule has 0 bridgehead atoms. The Hall–Kier alpha value is -2.40. The van der Waals surface area contributed by atoms with Crippen LogP contribution in [0.1, 0.15) is 0 Å². The lowest BCUT2D eigenvalue weighted by atomic mass is 10.1. The molecule has 0 aromatic carbocycles. The highest BCUT2D eigenvalue weighted by Gasteiger charge is 2.40. The maximum atomic E-state index is 12.8. The highest BCUT2D eigenvalue weighted by atomic mass is 32.2. The molecule has 11 heteroatoms. The zero-order valence-electron chi connectivity index (χ0n) is 13.1. The molecule has 3 rings (SSSR count). The van der Waals surface area contributed by atoms with Gasteiger partial charge in [0.05, 0.1) is 16.2 Å². The van der Waals surface area contributed by atoms with Gasteiger partial charge in [-0.2, -0.15) is 13.2 Å². The first kappa shape index (κ1) is 17.4. The molecular formula is C14H13F3N4O3S. The number of hydrogen-bond donors (Lipinski definition) is 1. The molecule has 134 valence electrons. The van der Waals surface area contributed by atoms with E-state index in [9.17, 15) is 26.8 Å². The van der Waals surface area contributed by atoms with Crippen LogP contribution < -0.4 is 0 Å². The van der Waals surface area contributed by atoms with Crippen LogP contribution in [0.15, 0.2) is 56.4 Å². The minimum absolute atomic E-state index is 0.000324. The lowest BCUT2D eigenvalue weighted by Gasteiger charge is -2.27. The van der Waals surface area contributed by atoms with Crippen LogP contribution in [-0.2, 0) is 9.84 Å². The Balaban J connectivity index is 2.15. The Labute approximate surface area is 141 Å². The van der Waals surface area contributed by atoms with Gasteiger partial charge in [-0.05, 0) is 18.2 Å². The van der Waals surface area contributed by atoms with E-state index in [1.165, 1.54) is 30.3 Å². The van der Waals surface area contributed by atoms with Crippen LogP contribution >= 0.6 is 0 Å². The van der Waals surface area contributed by atoms with Crippen molar-refractivity contribution in [2.45, 2.75) is 12.3 Å². The largest absolute Gasteiger partial charge is 0.417 e. The number of fused-ring (bicyclic) bond motifs is 1. The van der Waals surface area contributed by atoms with Crippen molar-refractivity contribution in [3.05, 3.63) is 46.4 Å². The zero-order chi connectivity index (χ0) is 18.6. The highest BCUT2D eigenvalue weighted by molar-refractivity contribution is 7.94. The van der Waals surface area contributed by atoms with Crippen molar-refractivity contribution in [1.29, 1.82) is 0 Å². The molecule has 7 nitrogen and oxygen atoms in total. The first-order valence-corrected chi connectivity index (χ1v) is 8.84. The molecule has 0 fully saturated rings. The Morgan fingerprint density at radius 1 is 1.32 bits per heavy atom. The van der Waals surface area contributed by atoms with E-state index in [4.69, 9.17) is 0 Å². The molecule has 0 amide bonds. The maximum Gasteiger partial charge on any atom is 0.417 e. The first-order chi connectivity index (χ1) is 11.5. The lowest BCUT2D eigenvalue weighted by molar-refractivity contribution is -0.0856. The fourth-order valence-electron chi connectivity index (χ4n) is 2.57. The van der Waals surface area contributed by atoms with Gasteiger partial charge in [0, 0.05) is 25.7 Å². The average molecular weight is 374 g/mol. The van der Waals surface area contributed by atoms with Gasteiger partial charge in [-0.25, -0.2) is 18.5 Å². The Morgan fingerprint density at radius 2 is 2.00 bits per heavy atom. The maximum absolute atomic E-state index is 12.8. The predicted molar refractivity (Wildman–Crippen MR) is 84.3 cm³/mol. The molecule has 3 aliphatic heterocycles. The normalized spacial score (nSPS) is 26.5. The summed E-state index contributed by atoms with van der Waals surface area (Å²) >= 11 is 0. The minimum Gasteiger partial charge on any atom is -0.331 e. The molecule has 0 aromatic heterocycles. The molecule has 1 unspecified atom stereocenters. The molecule has 0 radical (unpaired) electrons. The minimum atomic E-state index is -4.57. The molecule has 0 spiro atoms. The van der Waals surface area contributed by atoms with Crippen LogP contribution in [0, 0.1) is 0 Å². The third-order valence-electron chi connectivity index (χ3n) is 3.73. The van der Waals surface area contributed by atoms with Crippen molar-refractivity contribution in [3.63, 3.8) is 0 Å². The molecule has 0 saturated carbocycles. The molecule has 0 aromatic rings. The van der Waals surface area contributed by atoms with E-state index in [-0.39, 0.29) is 22.1 Å². The van der Waals surface area contributed by atoms with Gasteiger partial charge in [0.2, 0.25) is 0 Å². The van der Waals surface area contributed by atoms with Gasteiger partial charge in [0.15, 0.2) is 21.8 Å². The van der Waals surface area contributed by atoms with Gasteiger partial charge in [-0.1, -0.05) is 0 Å². The number of halogens is 3. The number of nitrogens with zero attached hydrogens (tertiary/aromatic N) is 4. The highest BCUT2D eigenvalue weighted by Crippen LogP contribution is 2.35. The van der Waals surface area contributed by atoms with Crippen molar-refractivity contribution >= 4 is 21.8 Å². The number of hydrogen-bond acceptors (Lipinski definition) is 7. The van der Waals surface area contributed by atoms with E-state index in [0.717, 1.165) is 12.3 Å². The summed E-state index contributed by atoms with van der Waals surface area (Å²) in [5, 5.41) is 10.6. The smallest absolute Gasteiger partial charge is 0.331 e. The van der Waals surface area contributed by atoms with Gasteiger partial charge < -0.3 is 4.90 Å². The second-order valence-corrected chi connectivity index (χ2v) is 7.54. The molecule has 0 saturated heterocycles. The predicted octanol–water partition coefficient (Wildman–Crippen LogP) is 1.59. The number of rotatable bonds is 1. The van der Waals surface area contributed by atoms with Crippen LogP contribution in [0.2, 0.25) is 0 Å². The van der Waals surface area contributed by atoms with E-state index in [0.29, 0.717) is 11.3 Å². The number of dihydropyridines is 1. The van der Waals surface area contributed by atoms with E-state index in [1.807, 2.05) is 0 Å². The lowest BCUT2D eigenvalue weighted by Crippen LogP contribution is -2.34. The average Bonchev–Trinajstić information content (AvgIpc) is 2.81. The Bertz CT molecular complexity index is 910. The Morgan fingerprint density at radius 3 is 2.60 bits per heavy atom. The van der Waals surface area contributed by atoms with Gasteiger partial charge >= 0.3 is 6.18 Å². The van der Waals surface area contributed by atoms with Gasteiger partial charge in [0.25, 0.3) is 0 Å². The summed E-state index contributed by atoms with van der Waals surface area (Å²) < 4.78 is 62.5. The van der Waals surface area contributed by atoms with Crippen LogP contribution in [0.3, 0.4) is 0 Å². The van der Waals surface area contributed by atoms with Crippen molar-refractivity contribution in [2.75, 3.05) is 13.3 Å². The quantitative estimate of drug-likeness (QED) is 0.753. The molecule has 3 aliphatic rings.